The number of carbonyl (C=O) groups excluding carboxylic acids is 1. The Labute approximate surface area is 148 Å². The number of halogens is 4. The molecule has 0 aliphatic carbocycles. The van der Waals surface area contributed by atoms with Crippen LogP contribution in [0.1, 0.15) is 28.3 Å². The second-order valence-electron chi connectivity index (χ2n) is 5.57. The number of aryl methyl sites for hydroxylation is 1. The maximum absolute atomic E-state index is 13.5. The summed E-state index contributed by atoms with van der Waals surface area (Å²) in [5, 5.41) is 14.0. The minimum atomic E-state index is -5.09. The Hall–Kier alpha value is -2.13. The van der Waals surface area contributed by atoms with E-state index in [2.05, 4.69) is 21.0 Å². The van der Waals surface area contributed by atoms with Gasteiger partial charge in [0.25, 0.3) is 5.72 Å². The first-order chi connectivity index (χ1) is 11.6. The Balaban J connectivity index is 2.04. The normalized spacial score (nSPS) is 20.7. The molecule has 9 heteroatoms. The molecular formula is C16H12BrF3N2O3. The predicted molar refractivity (Wildman–Crippen MR) is 85.9 cm³/mol. The van der Waals surface area contributed by atoms with E-state index in [4.69, 9.17) is 4.42 Å². The van der Waals surface area contributed by atoms with E-state index in [0.29, 0.717) is 11.3 Å². The molecule has 0 bridgehead atoms. The average Bonchev–Trinajstić information content (AvgIpc) is 3.11. The predicted octanol–water partition coefficient (Wildman–Crippen LogP) is 3.85. The van der Waals surface area contributed by atoms with Gasteiger partial charge in [-0.25, -0.2) is 0 Å². The molecule has 25 heavy (non-hydrogen) atoms. The van der Waals surface area contributed by atoms with Crippen LogP contribution in [-0.4, -0.2) is 33.6 Å². The number of hydrogen-bond donors (Lipinski definition) is 1. The van der Waals surface area contributed by atoms with Gasteiger partial charge in [0.15, 0.2) is 5.76 Å². The Morgan fingerprint density at radius 2 is 1.92 bits per heavy atom. The van der Waals surface area contributed by atoms with Crippen LogP contribution in [0.25, 0.3) is 0 Å². The third-order valence-electron chi connectivity index (χ3n) is 3.76. The van der Waals surface area contributed by atoms with Crippen molar-refractivity contribution in [3.63, 3.8) is 0 Å². The second kappa shape index (κ2) is 5.99. The van der Waals surface area contributed by atoms with Crippen molar-refractivity contribution in [3.8, 4) is 0 Å². The molecule has 0 fully saturated rings. The Morgan fingerprint density at radius 3 is 2.44 bits per heavy atom. The molecule has 0 saturated heterocycles. The summed E-state index contributed by atoms with van der Waals surface area (Å²) in [6, 6.07) is 9.03. The van der Waals surface area contributed by atoms with Gasteiger partial charge in [0.05, 0.1) is 12.1 Å². The summed E-state index contributed by atoms with van der Waals surface area (Å²) < 4.78 is 46.2. The summed E-state index contributed by atoms with van der Waals surface area (Å²) in [6.45, 7) is 1.55. The van der Waals surface area contributed by atoms with Gasteiger partial charge in [-0.05, 0) is 36.8 Å². The van der Waals surface area contributed by atoms with E-state index in [1.165, 1.54) is 12.1 Å². The number of alkyl halides is 3. The summed E-state index contributed by atoms with van der Waals surface area (Å²) in [5.41, 5.74) is -3.12. The van der Waals surface area contributed by atoms with Gasteiger partial charge >= 0.3 is 12.1 Å². The third kappa shape index (κ3) is 3.09. The lowest BCUT2D eigenvalue weighted by Crippen LogP contribution is -2.56. The number of rotatable bonds is 2. The van der Waals surface area contributed by atoms with Crippen LogP contribution in [0.2, 0.25) is 0 Å². The van der Waals surface area contributed by atoms with Gasteiger partial charge in [-0.3, -0.25) is 4.79 Å². The molecule has 1 aliphatic rings. The van der Waals surface area contributed by atoms with Crippen molar-refractivity contribution in [1.82, 2.24) is 5.01 Å². The SMILES string of the molecule is Cc1ccc(C(=O)N2N=C(c3ccc(Br)cc3)CC2(O)C(F)(F)F)o1. The molecule has 2 aromatic rings. The Kier molecular flexibility index (Phi) is 4.24. The first-order valence-corrected chi connectivity index (χ1v) is 7.94. The summed E-state index contributed by atoms with van der Waals surface area (Å²) in [7, 11) is 0. The molecule has 1 aliphatic heterocycles. The van der Waals surface area contributed by atoms with E-state index in [1.807, 2.05) is 0 Å². The lowest BCUT2D eigenvalue weighted by atomic mass is 10.0. The lowest BCUT2D eigenvalue weighted by Gasteiger charge is -2.32. The van der Waals surface area contributed by atoms with Crippen molar-refractivity contribution in [2.24, 2.45) is 5.10 Å². The van der Waals surface area contributed by atoms with Crippen LogP contribution in [0.5, 0.6) is 0 Å². The number of hydrogen-bond acceptors (Lipinski definition) is 4. The Morgan fingerprint density at radius 1 is 1.28 bits per heavy atom. The van der Waals surface area contributed by atoms with Gasteiger partial charge in [0.2, 0.25) is 0 Å². The van der Waals surface area contributed by atoms with E-state index in [-0.39, 0.29) is 16.5 Å². The molecule has 0 saturated carbocycles. The number of aliphatic hydroxyl groups is 1. The standard InChI is InChI=1S/C16H12BrF3N2O3/c1-9-2-7-13(25-9)14(23)22-15(24,16(18,19)20)8-12(21-22)10-3-5-11(17)6-4-10/h2-7,24H,8H2,1H3. The van der Waals surface area contributed by atoms with Crippen LogP contribution in [0, 0.1) is 6.92 Å². The van der Waals surface area contributed by atoms with Crippen LogP contribution in [0.4, 0.5) is 13.2 Å². The van der Waals surface area contributed by atoms with Gasteiger partial charge < -0.3 is 9.52 Å². The van der Waals surface area contributed by atoms with Gasteiger partial charge in [-0.2, -0.15) is 23.3 Å². The third-order valence-corrected chi connectivity index (χ3v) is 4.29. The maximum Gasteiger partial charge on any atom is 0.438 e. The molecule has 1 aromatic carbocycles. The van der Waals surface area contributed by atoms with Crippen molar-refractivity contribution in [1.29, 1.82) is 0 Å². The average molecular weight is 417 g/mol. The topological polar surface area (TPSA) is 66.0 Å². The molecule has 3 rings (SSSR count). The highest BCUT2D eigenvalue weighted by molar-refractivity contribution is 9.10. The highest BCUT2D eigenvalue weighted by atomic mass is 79.9. The van der Waals surface area contributed by atoms with Crippen molar-refractivity contribution in [2.45, 2.75) is 25.2 Å². The number of nitrogens with zero attached hydrogens (tertiary/aromatic N) is 2. The number of hydrazone groups is 1. The molecule has 5 nitrogen and oxygen atoms in total. The Bertz CT molecular complexity index is 845. The number of amides is 1. The van der Waals surface area contributed by atoms with Gasteiger partial charge in [0, 0.05) is 4.47 Å². The second-order valence-corrected chi connectivity index (χ2v) is 6.49. The molecule has 0 spiro atoms. The number of benzene rings is 1. The number of furan rings is 1. The van der Waals surface area contributed by atoms with Crippen molar-refractivity contribution in [2.75, 3.05) is 0 Å². The van der Waals surface area contributed by atoms with Crippen LogP contribution in [-0.2, 0) is 0 Å². The first kappa shape index (κ1) is 17.7. The van der Waals surface area contributed by atoms with Gasteiger partial charge in [-0.15, -0.1) is 0 Å². The van der Waals surface area contributed by atoms with E-state index in [1.54, 1.807) is 31.2 Å². The van der Waals surface area contributed by atoms with Crippen LogP contribution in [0.15, 0.2) is 50.4 Å². The van der Waals surface area contributed by atoms with E-state index in [9.17, 15) is 23.1 Å². The van der Waals surface area contributed by atoms with Gasteiger partial charge in [-0.1, -0.05) is 28.1 Å². The summed E-state index contributed by atoms with van der Waals surface area (Å²) in [6.07, 6.45) is -5.96. The maximum atomic E-state index is 13.5. The largest absolute Gasteiger partial charge is 0.456 e. The first-order valence-electron chi connectivity index (χ1n) is 7.15. The van der Waals surface area contributed by atoms with E-state index in [0.717, 1.165) is 4.47 Å². The van der Waals surface area contributed by atoms with Crippen LogP contribution >= 0.6 is 15.9 Å². The summed E-state index contributed by atoms with van der Waals surface area (Å²) in [5.74, 6) is -1.14. The zero-order valence-corrected chi connectivity index (χ0v) is 14.4. The van der Waals surface area contributed by atoms with Crippen molar-refractivity contribution in [3.05, 3.63) is 58.0 Å². The minimum Gasteiger partial charge on any atom is -0.456 e. The van der Waals surface area contributed by atoms with Crippen LogP contribution in [0.3, 0.4) is 0 Å². The summed E-state index contributed by atoms with van der Waals surface area (Å²) >= 11 is 3.23. The molecular weight excluding hydrogens is 405 g/mol. The highest BCUT2D eigenvalue weighted by Gasteiger charge is 2.63. The molecule has 1 aromatic heterocycles. The molecule has 2 heterocycles. The van der Waals surface area contributed by atoms with E-state index >= 15 is 0 Å². The fraction of sp³-hybridized carbons (Fsp3) is 0.250. The molecule has 132 valence electrons. The fourth-order valence-corrected chi connectivity index (χ4v) is 2.70. The van der Waals surface area contributed by atoms with Crippen LogP contribution < -0.4 is 0 Å². The molecule has 1 amide bonds. The molecule has 0 radical (unpaired) electrons. The zero-order valence-electron chi connectivity index (χ0n) is 12.8. The molecule has 1 atom stereocenters. The number of carbonyl (C=O) groups is 1. The molecule has 1 unspecified atom stereocenters. The summed E-state index contributed by atoms with van der Waals surface area (Å²) in [4.78, 5) is 12.4. The monoisotopic (exact) mass is 416 g/mol. The smallest absolute Gasteiger partial charge is 0.438 e. The van der Waals surface area contributed by atoms with E-state index < -0.39 is 24.2 Å². The van der Waals surface area contributed by atoms with Gasteiger partial charge in [0.1, 0.15) is 5.76 Å². The zero-order chi connectivity index (χ0) is 18.4. The quantitative estimate of drug-likeness (QED) is 0.808. The highest BCUT2D eigenvalue weighted by Crippen LogP contribution is 2.42. The minimum absolute atomic E-state index is 0.0443. The van der Waals surface area contributed by atoms with Crippen molar-refractivity contribution < 1.29 is 27.5 Å². The lowest BCUT2D eigenvalue weighted by molar-refractivity contribution is -0.297. The molecule has 1 N–H and O–H groups in total. The van der Waals surface area contributed by atoms with Crippen molar-refractivity contribution >= 4 is 27.5 Å². The fourth-order valence-electron chi connectivity index (χ4n) is 2.44.